The molecule has 0 saturated heterocycles. The molecule has 3 aromatic carbocycles. The van der Waals surface area contributed by atoms with Gasteiger partial charge in [0.1, 0.15) is 12.4 Å². The fourth-order valence-corrected chi connectivity index (χ4v) is 2.56. The van der Waals surface area contributed by atoms with Crippen molar-refractivity contribution in [1.82, 2.24) is 0 Å². The number of benzene rings is 3. The Morgan fingerprint density at radius 1 is 1.04 bits per heavy atom. The fraction of sp³-hybridized carbons (Fsp3) is 0.0952. The Labute approximate surface area is 161 Å². The summed E-state index contributed by atoms with van der Waals surface area (Å²) in [7, 11) is 1.35. The summed E-state index contributed by atoms with van der Waals surface area (Å²) in [6.45, 7) is 0.432. The van der Waals surface area contributed by atoms with Crippen LogP contribution in [-0.2, 0) is 6.61 Å². The van der Waals surface area contributed by atoms with E-state index in [1.807, 2.05) is 30.3 Å². The maximum absolute atomic E-state index is 12.4. The molecule has 28 heavy (non-hydrogen) atoms. The number of ether oxygens (including phenoxy) is 2. The molecule has 0 aliphatic heterocycles. The highest BCUT2D eigenvalue weighted by Gasteiger charge is 2.16. The predicted molar refractivity (Wildman–Crippen MR) is 105 cm³/mol. The van der Waals surface area contributed by atoms with Crippen molar-refractivity contribution >= 4 is 17.3 Å². The van der Waals surface area contributed by atoms with Crippen LogP contribution in [0, 0.1) is 10.1 Å². The molecule has 0 radical (unpaired) electrons. The van der Waals surface area contributed by atoms with Crippen molar-refractivity contribution < 1.29 is 19.2 Å². The standard InChI is InChI=1S/C21H18N2O5/c1-27-20-12-9-17(13-19(20)23(25)26)22-21(24)16-7-10-18(11-8-16)28-14-15-5-3-2-4-6-15/h2-13H,14H2,1H3,(H,22,24). The van der Waals surface area contributed by atoms with E-state index in [4.69, 9.17) is 9.47 Å². The minimum Gasteiger partial charge on any atom is -0.490 e. The first-order chi connectivity index (χ1) is 13.6. The molecule has 142 valence electrons. The summed E-state index contributed by atoms with van der Waals surface area (Å²) in [6, 6.07) is 20.7. The van der Waals surface area contributed by atoms with Gasteiger partial charge < -0.3 is 14.8 Å². The van der Waals surface area contributed by atoms with Crippen LogP contribution >= 0.6 is 0 Å². The lowest BCUT2D eigenvalue weighted by molar-refractivity contribution is -0.385. The number of carbonyl (C=O) groups excluding carboxylic acids is 1. The van der Waals surface area contributed by atoms with Crippen LogP contribution in [0.3, 0.4) is 0 Å². The van der Waals surface area contributed by atoms with E-state index in [1.54, 1.807) is 30.3 Å². The number of nitro groups is 1. The molecule has 0 aliphatic rings. The van der Waals surface area contributed by atoms with Crippen molar-refractivity contribution in [3.63, 3.8) is 0 Å². The average molecular weight is 378 g/mol. The first-order valence-electron chi connectivity index (χ1n) is 8.47. The van der Waals surface area contributed by atoms with E-state index in [0.717, 1.165) is 5.56 Å². The maximum atomic E-state index is 12.4. The van der Waals surface area contributed by atoms with Gasteiger partial charge in [0, 0.05) is 17.3 Å². The number of anilines is 1. The molecule has 3 rings (SSSR count). The molecule has 0 saturated carbocycles. The summed E-state index contributed by atoms with van der Waals surface area (Å²) in [5.74, 6) is 0.387. The number of nitrogens with one attached hydrogen (secondary N) is 1. The summed E-state index contributed by atoms with van der Waals surface area (Å²) in [5, 5.41) is 13.7. The minimum absolute atomic E-state index is 0.128. The van der Waals surface area contributed by atoms with Gasteiger partial charge in [-0.1, -0.05) is 30.3 Å². The Balaban J connectivity index is 1.65. The van der Waals surface area contributed by atoms with Crippen LogP contribution in [-0.4, -0.2) is 17.9 Å². The number of nitro benzene ring substituents is 1. The SMILES string of the molecule is COc1ccc(NC(=O)c2ccc(OCc3ccccc3)cc2)cc1[N+](=O)[O-]. The van der Waals surface area contributed by atoms with Crippen LogP contribution < -0.4 is 14.8 Å². The first kappa shape index (κ1) is 18.9. The third-order valence-corrected chi connectivity index (χ3v) is 4.00. The second-order valence-electron chi connectivity index (χ2n) is 5.90. The van der Waals surface area contributed by atoms with Gasteiger partial charge in [0.05, 0.1) is 12.0 Å². The van der Waals surface area contributed by atoms with Gasteiger partial charge in [-0.2, -0.15) is 0 Å². The van der Waals surface area contributed by atoms with Crippen molar-refractivity contribution in [3.05, 3.63) is 94.0 Å². The van der Waals surface area contributed by atoms with E-state index in [2.05, 4.69) is 5.32 Å². The topological polar surface area (TPSA) is 90.7 Å². The Kier molecular flexibility index (Phi) is 5.86. The molecule has 7 heteroatoms. The zero-order valence-electron chi connectivity index (χ0n) is 15.1. The number of rotatable bonds is 7. The Morgan fingerprint density at radius 2 is 1.75 bits per heavy atom. The number of carbonyl (C=O) groups is 1. The van der Waals surface area contributed by atoms with Gasteiger partial charge in [-0.25, -0.2) is 0 Å². The lowest BCUT2D eigenvalue weighted by Gasteiger charge is -2.09. The molecule has 0 fully saturated rings. The second-order valence-corrected chi connectivity index (χ2v) is 5.90. The van der Waals surface area contributed by atoms with Crippen LogP contribution in [0.4, 0.5) is 11.4 Å². The number of methoxy groups -OCH3 is 1. The molecule has 0 aromatic heterocycles. The minimum atomic E-state index is -0.562. The molecular formula is C21H18N2O5. The van der Waals surface area contributed by atoms with E-state index in [0.29, 0.717) is 23.6 Å². The summed E-state index contributed by atoms with van der Waals surface area (Å²) >= 11 is 0. The molecule has 7 nitrogen and oxygen atoms in total. The fourth-order valence-electron chi connectivity index (χ4n) is 2.56. The second kappa shape index (κ2) is 8.68. The Bertz CT molecular complexity index is 972. The lowest BCUT2D eigenvalue weighted by Crippen LogP contribution is -2.12. The summed E-state index contributed by atoms with van der Waals surface area (Å²) in [6.07, 6.45) is 0. The zero-order valence-corrected chi connectivity index (χ0v) is 15.1. The molecular weight excluding hydrogens is 360 g/mol. The smallest absolute Gasteiger partial charge is 0.312 e. The summed E-state index contributed by atoms with van der Waals surface area (Å²) < 4.78 is 10.6. The number of nitrogens with zero attached hydrogens (tertiary/aromatic N) is 1. The number of amides is 1. The highest BCUT2D eigenvalue weighted by Crippen LogP contribution is 2.29. The van der Waals surface area contributed by atoms with Crippen molar-refractivity contribution in [2.24, 2.45) is 0 Å². The summed E-state index contributed by atoms with van der Waals surface area (Å²) in [4.78, 5) is 22.9. The highest BCUT2D eigenvalue weighted by atomic mass is 16.6. The number of hydrogen-bond acceptors (Lipinski definition) is 5. The van der Waals surface area contributed by atoms with E-state index < -0.39 is 4.92 Å². The van der Waals surface area contributed by atoms with Gasteiger partial charge in [-0.15, -0.1) is 0 Å². The number of hydrogen-bond donors (Lipinski definition) is 1. The Morgan fingerprint density at radius 3 is 2.39 bits per heavy atom. The van der Waals surface area contributed by atoms with Crippen molar-refractivity contribution in [3.8, 4) is 11.5 Å². The predicted octanol–water partition coefficient (Wildman–Crippen LogP) is 4.43. The van der Waals surface area contributed by atoms with Crippen molar-refractivity contribution in [2.45, 2.75) is 6.61 Å². The van der Waals surface area contributed by atoms with Crippen LogP contribution in [0.1, 0.15) is 15.9 Å². The molecule has 0 spiro atoms. The molecule has 0 atom stereocenters. The van der Waals surface area contributed by atoms with Gasteiger partial charge in [0.15, 0.2) is 5.75 Å². The molecule has 0 aliphatic carbocycles. The van der Waals surface area contributed by atoms with Crippen LogP contribution in [0.15, 0.2) is 72.8 Å². The van der Waals surface area contributed by atoms with E-state index in [1.165, 1.54) is 19.2 Å². The summed E-state index contributed by atoms with van der Waals surface area (Å²) in [5.41, 5.74) is 1.54. The van der Waals surface area contributed by atoms with Crippen LogP contribution in [0.2, 0.25) is 0 Å². The van der Waals surface area contributed by atoms with Gasteiger partial charge in [0.25, 0.3) is 5.91 Å². The normalized spacial score (nSPS) is 10.2. The monoisotopic (exact) mass is 378 g/mol. The van der Waals surface area contributed by atoms with E-state index >= 15 is 0 Å². The molecule has 0 bridgehead atoms. The lowest BCUT2D eigenvalue weighted by atomic mass is 10.2. The molecule has 1 N–H and O–H groups in total. The largest absolute Gasteiger partial charge is 0.490 e. The molecule has 1 amide bonds. The van der Waals surface area contributed by atoms with Gasteiger partial charge >= 0.3 is 5.69 Å². The molecule has 0 heterocycles. The quantitative estimate of drug-likeness (QED) is 0.485. The van der Waals surface area contributed by atoms with Gasteiger partial charge in [0.2, 0.25) is 0 Å². The third-order valence-electron chi connectivity index (χ3n) is 4.00. The average Bonchev–Trinajstić information content (AvgIpc) is 2.73. The van der Waals surface area contributed by atoms with E-state index in [9.17, 15) is 14.9 Å². The van der Waals surface area contributed by atoms with Crippen molar-refractivity contribution in [2.75, 3.05) is 12.4 Å². The van der Waals surface area contributed by atoms with Crippen LogP contribution in [0.25, 0.3) is 0 Å². The van der Waals surface area contributed by atoms with Gasteiger partial charge in [-0.05, 0) is 42.0 Å². The zero-order chi connectivity index (χ0) is 19.9. The highest BCUT2D eigenvalue weighted by molar-refractivity contribution is 6.04. The van der Waals surface area contributed by atoms with Crippen LogP contribution in [0.5, 0.6) is 11.5 Å². The molecule has 3 aromatic rings. The molecule has 0 unspecified atom stereocenters. The van der Waals surface area contributed by atoms with Crippen molar-refractivity contribution in [1.29, 1.82) is 0 Å². The van der Waals surface area contributed by atoms with E-state index in [-0.39, 0.29) is 17.3 Å². The first-order valence-corrected chi connectivity index (χ1v) is 8.47. The van der Waals surface area contributed by atoms with Gasteiger partial charge in [-0.3, -0.25) is 14.9 Å². The Hall–Kier alpha value is -3.87. The maximum Gasteiger partial charge on any atom is 0.312 e. The third kappa shape index (κ3) is 4.64.